The van der Waals surface area contributed by atoms with Gasteiger partial charge in [-0.05, 0) is 30.2 Å². The normalized spacial score (nSPS) is 15.2. The van der Waals surface area contributed by atoms with Gasteiger partial charge in [0.2, 0.25) is 0 Å². The Morgan fingerprint density at radius 3 is 3.27 bits per heavy atom. The second-order valence-electron chi connectivity index (χ2n) is 3.73. The lowest BCUT2D eigenvalue weighted by Crippen LogP contribution is -1.93. The Morgan fingerprint density at radius 1 is 1.47 bits per heavy atom. The molecule has 1 aliphatic heterocycles. The maximum absolute atomic E-state index is 4.04. The molecule has 0 spiro atoms. The molecule has 0 radical (unpaired) electrons. The first-order chi connectivity index (χ1) is 7.42. The van der Waals surface area contributed by atoms with Gasteiger partial charge in [-0.2, -0.15) is 0 Å². The quantitative estimate of drug-likeness (QED) is 0.868. The third kappa shape index (κ3) is 1.96. The number of imidazole rings is 1. The molecule has 0 amide bonds. The number of fused-ring (bicyclic) bond motifs is 1. The van der Waals surface area contributed by atoms with Crippen molar-refractivity contribution in [3.63, 3.8) is 0 Å². The number of hydrogen-bond donors (Lipinski definition) is 1. The number of rotatable bonds is 2. The highest BCUT2D eigenvalue weighted by molar-refractivity contribution is 8.01. The molecule has 15 heavy (non-hydrogen) atoms. The molecule has 78 valence electrons. The summed E-state index contributed by atoms with van der Waals surface area (Å²) in [7, 11) is 0. The first kappa shape index (κ1) is 9.48. The van der Waals surface area contributed by atoms with E-state index >= 15 is 0 Å². The molecule has 0 saturated carbocycles. The van der Waals surface area contributed by atoms with Crippen molar-refractivity contribution >= 4 is 23.1 Å². The van der Waals surface area contributed by atoms with E-state index in [1.807, 2.05) is 29.3 Å². The predicted octanol–water partition coefficient (Wildman–Crippen LogP) is 3.10. The molecule has 2 aromatic rings. The lowest BCUT2D eigenvalue weighted by molar-refractivity contribution is 0.904. The van der Waals surface area contributed by atoms with Crippen molar-refractivity contribution in [1.82, 2.24) is 9.97 Å². The van der Waals surface area contributed by atoms with Crippen molar-refractivity contribution in [2.75, 3.05) is 5.75 Å². The van der Waals surface area contributed by atoms with Crippen LogP contribution in [0.4, 0.5) is 0 Å². The van der Waals surface area contributed by atoms with Crippen molar-refractivity contribution in [1.29, 1.82) is 0 Å². The van der Waals surface area contributed by atoms with E-state index in [2.05, 4.69) is 16.0 Å². The van der Waals surface area contributed by atoms with E-state index in [9.17, 15) is 0 Å². The average Bonchev–Trinajstić information content (AvgIpc) is 2.86. The first-order valence-electron chi connectivity index (χ1n) is 5.13. The number of nitrogens with zero attached hydrogens (tertiary/aromatic N) is 1. The highest BCUT2D eigenvalue weighted by Gasteiger charge is 2.14. The topological polar surface area (TPSA) is 28.7 Å². The first-order valence-corrected chi connectivity index (χ1v) is 6.93. The van der Waals surface area contributed by atoms with Crippen LogP contribution in [-0.2, 0) is 12.8 Å². The number of hydrogen-bond acceptors (Lipinski definition) is 3. The molecule has 1 N–H and O–H groups in total. The molecule has 2 nitrogen and oxygen atoms in total. The fourth-order valence-corrected chi connectivity index (χ4v) is 4.43. The molecule has 2 aromatic heterocycles. The highest BCUT2D eigenvalue weighted by atomic mass is 32.2. The molecule has 0 aromatic carbocycles. The molecule has 3 rings (SSSR count). The van der Waals surface area contributed by atoms with E-state index in [0.29, 0.717) is 0 Å². The van der Waals surface area contributed by atoms with E-state index in [0.717, 1.165) is 6.42 Å². The Bertz CT molecular complexity index is 422. The van der Waals surface area contributed by atoms with Crippen LogP contribution < -0.4 is 0 Å². The van der Waals surface area contributed by atoms with Crippen LogP contribution in [0.3, 0.4) is 0 Å². The van der Waals surface area contributed by atoms with E-state index in [4.69, 9.17) is 0 Å². The van der Waals surface area contributed by atoms with Crippen molar-refractivity contribution in [3.8, 4) is 0 Å². The summed E-state index contributed by atoms with van der Waals surface area (Å²) < 4.78 is 1.54. The van der Waals surface area contributed by atoms with Crippen LogP contribution in [0.2, 0.25) is 0 Å². The number of H-pyrrole nitrogens is 1. The molecule has 0 saturated heterocycles. The molecular weight excluding hydrogens is 224 g/mol. The summed E-state index contributed by atoms with van der Waals surface area (Å²) in [6.07, 6.45) is 7.25. The van der Waals surface area contributed by atoms with E-state index in [1.165, 1.54) is 33.4 Å². The number of aryl methyl sites for hydroxylation is 1. The summed E-state index contributed by atoms with van der Waals surface area (Å²) in [5.74, 6) is 1.29. The molecule has 0 atom stereocenters. The zero-order chi connectivity index (χ0) is 10.1. The molecule has 3 heterocycles. The Balaban J connectivity index is 1.84. The molecule has 0 unspecified atom stereocenters. The summed E-state index contributed by atoms with van der Waals surface area (Å²) in [4.78, 5) is 8.66. The number of thiophene rings is 1. The van der Waals surface area contributed by atoms with Crippen LogP contribution in [0.15, 0.2) is 22.8 Å². The Morgan fingerprint density at radius 2 is 2.47 bits per heavy atom. The zero-order valence-electron chi connectivity index (χ0n) is 8.32. The molecular formula is C11H12N2S2. The van der Waals surface area contributed by atoms with Gasteiger partial charge in [0, 0.05) is 23.2 Å². The minimum Gasteiger partial charge on any atom is -0.348 e. The zero-order valence-corrected chi connectivity index (χ0v) is 9.96. The van der Waals surface area contributed by atoms with Crippen molar-refractivity contribution < 1.29 is 0 Å². The fraction of sp³-hybridized carbons (Fsp3) is 0.364. The number of thioether (sulfide) groups is 1. The monoisotopic (exact) mass is 236 g/mol. The van der Waals surface area contributed by atoms with Crippen LogP contribution in [0.25, 0.3) is 0 Å². The lowest BCUT2D eigenvalue weighted by Gasteiger charge is -2.08. The Hall–Kier alpha value is -0.740. The van der Waals surface area contributed by atoms with E-state index in [1.54, 1.807) is 11.9 Å². The summed E-state index contributed by atoms with van der Waals surface area (Å²) in [5.41, 5.74) is 2.77. The van der Waals surface area contributed by atoms with E-state index in [-0.39, 0.29) is 0 Å². The largest absolute Gasteiger partial charge is 0.348 e. The maximum atomic E-state index is 4.04. The molecule has 0 bridgehead atoms. The minimum absolute atomic E-state index is 0.998. The standard InChI is InChI=1S/C11H12N2S2/c1-2-8-4-10(15-11(8)14-3-1)5-9-6-12-7-13-9/h4,6-7H,1-3,5H2,(H,12,13). The second-order valence-corrected chi connectivity index (χ2v) is 6.23. The van der Waals surface area contributed by atoms with Gasteiger partial charge in [-0.25, -0.2) is 4.98 Å². The third-order valence-corrected chi connectivity index (χ3v) is 5.16. The third-order valence-electron chi connectivity index (χ3n) is 2.56. The van der Waals surface area contributed by atoms with Crippen molar-refractivity contribution in [2.45, 2.75) is 23.5 Å². The highest BCUT2D eigenvalue weighted by Crippen LogP contribution is 2.37. The van der Waals surface area contributed by atoms with Gasteiger partial charge in [0.25, 0.3) is 0 Å². The van der Waals surface area contributed by atoms with Crippen molar-refractivity contribution in [3.05, 3.63) is 34.7 Å². The molecule has 1 aliphatic rings. The number of nitrogens with one attached hydrogen (secondary N) is 1. The van der Waals surface area contributed by atoms with Gasteiger partial charge in [0.15, 0.2) is 0 Å². The van der Waals surface area contributed by atoms with Crippen LogP contribution in [-0.4, -0.2) is 15.7 Å². The molecule has 0 aliphatic carbocycles. The smallest absolute Gasteiger partial charge is 0.0921 e. The van der Waals surface area contributed by atoms with Gasteiger partial charge in [-0.15, -0.1) is 23.1 Å². The molecule has 4 heteroatoms. The van der Waals surface area contributed by atoms with Crippen LogP contribution in [0, 0.1) is 0 Å². The SMILES string of the molecule is c1ncc(Cc2cc3c(s2)SCCC3)[nH]1. The maximum Gasteiger partial charge on any atom is 0.0921 e. The summed E-state index contributed by atoms with van der Waals surface area (Å²) in [6, 6.07) is 2.37. The van der Waals surface area contributed by atoms with Gasteiger partial charge in [0.05, 0.1) is 10.5 Å². The lowest BCUT2D eigenvalue weighted by atomic mass is 10.1. The van der Waals surface area contributed by atoms with Crippen molar-refractivity contribution in [2.24, 2.45) is 0 Å². The summed E-state index contributed by atoms with van der Waals surface area (Å²) in [6.45, 7) is 0. The van der Waals surface area contributed by atoms with Gasteiger partial charge in [-0.1, -0.05) is 0 Å². The van der Waals surface area contributed by atoms with Gasteiger partial charge < -0.3 is 4.98 Å². The molecule has 0 fully saturated rings. The predicted molar refractivity (Wildman–Crippen MR) is 64.8 cm³/mol. The Labute approximate surface area is 97.1 Å². The van der Waals surface area contributed by atoms with Gasteiger partial charge >= 0.3 is 0 Å². The van der Waals surface area contributed by atoms with E-state index < -0.39 is 0 Å². The van der Waals surface area contributed by atoms with Crippen LogP contribution in [0.5, 0.6) is 0 Å². The average molecular weight is 236 g/mol. The van der Waals surface area contributed by atoms with Gasteiger partial charge in [-0.3, -0.25) is 0 Å². The second kappa shape index (κ2) is 4.02. The van der Waals surface area contributed by atoms with Crippen LogP contribution >= 0.6 is 23.1 Å². The summed E-state index contributed by atoms with van der Waals surface area (Å²) >= 11 is 3.96. The number of aromatic nitrogens is 2. The minimum atomic E-state index is 0.998. The van der Waals surface area contributed by atoms with Crippen LogP contribution in [0.1, 0.15) is 22.6 Å². The van der Waals surface area contributed by atoms with Gasteiger partial charge in [0.1, 0.15) is 0 Å². The number of aromatic amines is 1. The Kier molecular flexibility index (Phi) is 2.54. The summed E-state index contributed by atoms with van der Waals surface area (Å²) in [5, 5.41) is 0. The fourth-order valence-electron chi connectivity index (χ4n) is 1.85.